The maximum Gasteiger partial charge on any atom is 0.322 e. The normalized spacial score (nSPS) is 21.4. The second-order valence-corrected chi connectivity index (χ2v) is 5.33. The number of likely N-dealkylation sites (tertiary alicyclic amines) is 1. The van der Waals surface area contributed by atoms with Gasteiger partial charge in [0.15, 0.2) is 11.5 Å². The number of amides is 2. The molecule has 3 rings (SSSR count). The van der Waals surface area contributed by atoms with E-state index < -0.39 is 0 Å². The van der Waals surface area contributed by atoms with Gasteiger partial charge in [0, 0.05) is 24.3 Å². The highest BCUT2D eigenvalue weighted by Gasteiger charge is 2.23. The maximum atomic E-state index is 12.3. The predicted octanol–water partition coefficient (Wildman–Crippen LogP) is 2.86. The van der Waals surface area contributed by atoms with Gasteiger partial charge in [-0.2, -0.15) is 0 Å². The lowest BCUT2D eigenvalue weighted by Crippen LogP contribution is -2.44. The lowest BCUT2D eigenvalue weighted by Gasteiger charge is -2.33. The molecular formula is C15H20N2O3. The van der Waals surface area contributed by atoms with Crippen LogP contribution in [-0.4, -0.2) is 36.7 Å². The van der Waals surface area contributed by atoms with Crippen molar-refractivity contribution in [3.8, 4) is 11.5 Å². The lowest BCUT2D eigenvalue weighted by molar-refractivity contribution is 0.169. The molecule has 0 aromatic heterocycles. The third-order valence-electron chi connectivity index (χ3n) is 3.86. The Balaban J connectivity index is 1.69. The molecule has 2 aliphatic heterocycles. The number of benzene rings is 1. The Morgan fingerprint density at radius 1 is 1.25 bits per heavy atom. The second-order valence-electron chi connectivity index (χ2n) is 5.33. The van der Waals surface area contributed by atoms with Gasteiger partial charge in [0.1, 0.15) is 13.2 Å². The Morgan fingerprint density at radius 3 is 2.85 bits per heavy atom. The van der Waals surface area contributed by atoms with Crippen molar-refractivity contribution in [1.29, 1.82) is 0 Å². The molecule has 1 N–H and O–H groups in total. The number of fused-ring (bicyclic) bond motifs is 1. The number of nitrogens with one attached hydrogen (secondary N) is 1. The van der Waals surface area contributed by atoms with Crippen LogP contribution in [0.5, 0.6) is 11.5 Å². The summed E-state index contributed by atoms with van der Waals surface area (Å²) in [5, 5.41) is 2.94. The van der Waals surface area contributed by atoms with Crippen LogP contribution < -0.4 is 14.8 Å². The van der Waals surface area contributed by atoms with E-state index in [2.05, 4.69) is 12.2 Å². The molecule has 2 aliphatic rings. The van der Waals surface area contributed by atoms with E-state index in [4.69, 9.17) is 9.47 Å². The number of carbonyl (C=O) groups excluding carboxylic acids is 1. The monoisotopic (exact) mass is 276 g/mol. The van der Waals surface area contributed by atoms with E-state index in [0.717, 1.165) is 30.8 Å². The summed E-state index contributed by atoms with van der Waals surface area (Å²) in [5.74, 6) is 1.43. The molecule has 1 fully saturated rings. The molecule has 0 spiro atoms. The zero-order valence-electron chi connectivity index (χ0n) is 11.7. The quantitative estimate of drug-likeness (QED) is 0.858. The van der Waals surface area contributed by atoms with Crippen molar-refractivity contribution in [2.45, 2.75) is 32.2 Å². The van der Waals surface area contributed by atoms with Gasteiger partial charge in [0.05, 0.1) is 0 Å². The molecule has 1 aromatic carbocycles. The molecule has 0 aliphatic carbocycles. The zero-order chi connectivity index (χ0) is 13.9. The standard InChI is InChI=1S/C15H20N2O3/c1-11-4-2-3-7-17(11)15(18)16-12-5-6-13-14(10-12)20-9-8-19-13/h5-6,10-11H,2-4,7-9H2,1H3,(H,16,18)/t11-/m1/s1. The number of carbonyl (C=O) groups is 1. The van der Waals surface area contributed by atoms with Crippen LogP contribution in [0.4, 0.5) is 10.5 Å². The number of piperidine rings is 1. The SMILES string of the molecule is C[C@@H]1CCCCN1C(=O)Nc1ccc2c(c1)OCCO2. The van der Waals surface area contributed by atoms with Crippen molar-refractivity contribution in [2.75, 3.05) is 25.1 Å². The molecule has 1 aromatic rings. The predicted molar refractivity (Wildman–Crippen MR) is 76.5 cm³/mol. The molecule has 5 nitrogen and oxygen atoms in total. The van der Waals surface area contributed by atoms with Crippen LogP contribution in [0.25, 0.3) is 0 Å². The average molecular weight is 276 g/mol. The van der Waals surface area contributed by atoms with Crippen molar-refractivity contribution in [3.05, 3.63) is 18.2 Å². The lowest BCUT2D eigenvalue weighted by atomic mass is 10.0. The first-order chi connectivity index (χ1) is 9.74. The highest BCUT2D eigenvalue weighted by Crippen LogP contribution is 2.32. The van der Waals surface area contributed by atoms with Gasteiger partial charge >= 0.3 is 6.03 Å². The van der Waals surface area contributed by atoms with Gasteiger partial charge in [0.2, 0.25) is 0 Å². The Bertz CT molecular complexity index is 504. The van der Waals surface area contributed by atoms with E-state index in [0.29, 0.717) is 25.0 Å². The molecule has 20 heavy (non-hydrogen) atoms. The van der Waals surface area contributed by atoms with Gasteiger partial charge in [-0.25, -0.2) is 4.79 Å². The van der Waals surface area contributed by atoms with E-state index in [1.54, 1.807) is 0 Å². The van der Waals surface area contributed by atoms with Gasteiger partial charge in [-0.15, -0.1) is 0 Å². The summed E-state index contributed by atoms with van der Waals surface area (Å²) < 4.78 is 11.0. The molecule has 0 unspecified atom stereocenters. The fourth-order valence-corrected chi connectivity index (χ4v) is 2.72. The number of hydrogen-bond donors (Lipinski definition) is 1. The Hall–Kier alpha value is -1.91. The molecule has 1 atom stereocenters. The topological polar surface area (TPSA) is 50.8 Å². The fraction of sp³-hybridized carbons (Fsp3) is 0.533. The van der Waals surface area contributed by atoms with Crippen LogP contribution >= 0.6 is 0 Å². The molecule has 2 amide bonds. The number of anilines is 1. The summed E-state index contributed by atoms with van der Waals surface area (Å²) in [4.78, 5) is 14.2. The first-order valence-electron chi connectivity index (χ1n) is 7.21. The highest BCUT2D eigenvalue weighted by atomic mass is 16.6. The number of hydrogen-bond acceptors (Lipinski definition) is 3. The van der Waals surface area contributed by atoms with E-state index in [-0.39, 0.29) is 6.03 Å². The third kappa shape index (κ3) is 2.66. The Kier molecular flexibility index (Phi) is 3.67. The van der Waals surface area contributed by atoms with Crippen LogP contribution in [-0.2, 0) is 0 Å². The number of rotatable bonds is 1. The van der Waals surface area contributed by atoms with E-state index in [9.17, 15) is 4.79 Å². The van der Waals surface area contributed by atoms with Crippen molar-refractivity contribution >= 4 is 11.7 Å². The van der Waals surface area contributed by atoms with Crippen molar-refractivity contribution in [1.82, 2.24) is 4.90 Å². The summed E-state index contributed by atoms with van der Waals surface area (Å²) in [6.45, 7) is 4.05. The average Bonchev–Trinajstić information content (AvgIpc) is 2.47. The molecule has 2 heterocycles. The molecule has 1 saturated heterocycles. The molecule has 0 bridgehead atoms. The van der Waals surface area contributed by atoms with E-state index in [1.165, 1.54) is 6.42 Å². The minimum absolute atomic E-state index is 0.0334. The minimum atomic E-state index is -0.0334. The molecule has 0 radical (unpaired) electrons. The first-order valence-corrected chi connectivity index (χ1v) is 7.21. The van der Waals surface area contributed by atoms with Crippen LogP contribution in [0.15, 0.2) is 18.2 Å². The van der Waals surface area contributed by atoms with Gasteiger partial charge in [-0.3, -0.25) is 0 Å². The van der Waals surface area contributed by atoms with E-state index >= 15 is 0 Å². The summed E-state index contributed by atoms with van der Waals surface area (Å²) in [6, 6.07) is 5.78. The molecule has 0 saturated carbocycles. The fourth-order valence-electron chi connectivity index (χ4n) is 2.72. The molecule has 5 heteroatoms. The van der Waals surface area contributed by atoms with Crippen LogP contribution in [0.1, 0.15) is 26.2 Å². The van der Waals surface area contributed by atoms with Crippen molar-refractivity contribution in [2.24, 2.45) is 0 Å². The van der Waals surface area contributed by atoms with Gasteiger partial charge < -0.3 is 19.7 Å². The Morgan fingerprint density at radius 2 is 2.05 bits per heavy atom. The van der Waals surface area contributed by atoms with Gasteiger partial charge in [0.25, 0.3) is 0 Å². The van der Waals surface area contributed by atoms with Gasteiger partial charge in [-0.1, -0.05) is 0 Å². The largest absolute Gasteiger partial charge is 0.486 e. The van der Waals surface area contributed by atoms with Crippen LogP contribution in [0.2, 0.25) is 0 Å². The number of nitrogens with zero attached hydrogens (tertiary/aromatic N) is 1. The van der Waals surface area contributed by atoms with E-state index in [1.807, 2.05) is 23.1 Å². The first kappa shape index (κ1) is 13.1. The van der Waals surface area contributed by atoms with Gasteiger partial charge in [-0.05, 0) is 38.3 Å². The summed E-state index contributed by atoms with van der Waals surface area (Å²) in [7, 11) is 0. The number of ether oxygens (including phenoxy) is 2. The number of urea groups is 1. The minimum Gasteiger partial charge on any atom is -0.486 e. The second kappa shape index (κ2) is 5.61. The maximum absolute atomic E-state index is 12.3. The van der Waals surface area contributed by atoms with Crippen LogP contribution in [0, 0.1) is 0 Å². The van der Waals surface area contributed by atoms with Crippen LogP contribution in [0.3, 0.4) is 0 Å². The van der Waals surface area contributed by atoms with Crippen molar-refractivity contribution in [3.63, 3.8) is 0 Å². The molecule has 108 valence electrons. The highest BCUT2D eigenvalue weighted by molar-refractivity contribution is 5.90. The Labute approximate surface area is 118 Å². The summed E-state index contributed by atoms with van der Waals surface area (Å²) in [6.07, 6.45) is 3.36. The smallest absolute Gasteiger partial charge is 0.322 e. The third-order valence-corrected chi connectivity index (χ3v) is 3.86. The summed E-state index contributed by atoms with van der Waals surface area (Å²) in [5.41, 5.74) is 0.747. The zero-order valence-corrected chi connectivity index (χ0v) is 11.7. The molecular weight excluding hydrogens is 256 g/mol. The van der Waals surface area contributed by atoms with Crippen molar-refractivity contribution < 1.29 is 14.3 Å². The summed E-state index contributed by atoms with van der Waals surface area (Å²) >= 11 is 0.